The van der Waals surface area contributed by atoms with Crippen LogP contribution in [0.3, 0.4) is 0 Å². The molecule has 0 unspecified atom stereocenters. The van der Waals surface area contributed by atoms with Gasteiger partial charge in [-0.3, -0.25) is 4.79 Å². The number of nitrogens with two attached hydrogens (primary N) is 1. The van der Waals surface area contributed by atoms with Gasteiger partial charge < -0.3 is 16.0 Å². The number of hydrogen-bond acceptors (Lipinski definition) is 3. The van der Waals surface area contributed by atoms with E-state index in [9.17, 15) is 4.79 Å². The van der Waals surface area contributed by atoms with Gasteiger partial charge in [-0.25, -0.2) is 0 Å². The molecule has 0 atom stereocenters. The molecule has 1 aliphatic rings. The number of benzene rings is 1. The molecule has 3 N–H and O–H groups in total. The van der Waals surface area contributed by atoms with E-state index in [0.29, 0.717) is 12.6 Å². The molecule has 1 aromatic rings. The fourth-order valence-electron chi connectivity index (χ4n) is 2.45. The van der Waals surface area contributed by atoms with Crippen molar-refractivity contribution in [1.82, 2.24) is 5.32 Å². The lowest BCUT2D eigenvalue weighted by Gasteiger charge is -2.34. The largest absolute Gasteiger partial charge is 0.371 e. The predicted molar refractivity (Wildman–Crippen MR) is 73.4 cm³/mol. The van der Waals surface area contributed by atoms with Gasteiger partial charge in [0.25, 0.3) is 0 Å². The molecule has 98 valence electrons. The summed E-state index contributed by atoms with van der Waals surface area (Å²) in [6, 6.07) is 8.71. The second-order valence-corrected chi connectivity index (χ2v) is 4.84. The number of anilines is 1. The van der Waals surface area contributed by atoms with Crippen molar-refractivity contribution in [3.8, 4) is 0 Å². The fourth-order valence-corrected chi connectivity index (χ4v) is 2.45. The minimum absolute atomic E-state index is 0.0681. The predicted octanol–water partition coefficient (Wildman–Crippen LogP) is 1.25. The van der Waals surface area contributed by atoms with Crippen molar-refractivity contribution in [2.75, 3.05) is 18.0 Å². The lowest BCUT2D eigenvalue weighted by atomic mass is 10.0. The zero-order valence-corrected chi connectivity index (χ0v) is 10.9. The van der Waals surface area contributed by atoms with Gasteiger partial charge in [0.2, 0.25) is 5.91 Å². The van der Waals surface area contributed by atoms with Crippen LogP contribution in [0.5, 0.6) is 0 Å². The highest BCUT2D eigenvalue weighted by Crippen LogP contribution is 2.21. The summed E-state index contributed by atoms with van der Waals surface area (Å²) < 4.78 is 0. The number of nitrogens with one attached hydrogen (secondary N) is 1. The highest BCUT2D eigenvalue weighted by Gasteiger charge is 2.19. The molecule has 0 saturated carbocycles. The van der Waals surface area contributed by atoms with Crippen LogP contribution in [0, 0.1) is 0 Å². The van der Waals surface area contributed by atoms with Gasteiger partial charge in [-0.2, -0.15) is 0 Å². The zero-order valence-electron chi connectivity index (χ0n) is 10.9. The Morgan fingerprint density at radius 1 is 1.44 bits per heavy atom. The van der Waals surface area contributed by atoms with Crippen LogP contribution in [0.4, 0.5) is 5.69 Å². The number of nitrogens with zero attached hydrogens (tertiary/aromatic N) is 1. The highest BCUT2D eigenvalue weighted by atomic mass is 16.1. The normalized spacial score (nSPS) is 16.7. The summed E-state index contributed by atoms with van der Waals surface area (Å²) in [4.78, 5) is 13.4. The Hall–Kier alpha value is -1.55. The summed E-state index contributed by atoms with van der Waals surface area (Å²) in [6.45, 7) is 4.13. The number of hydrogen-bond donors (Lipinski definition) is 2. The van der Waals surface area contributed by atoms with Gasteiger partial charge in [-0.05, 0) is 30.5 Å². The van der Waals surface area contributed by atoms with Crippen molar-refractivity contribution < 1.29 is 4.79 Å². The van der Waals surface area contributed by atoms with E-state index < -0.39 is 0 Å². The van der Waals surface area contributed by atoms with E-state index in [0.717, 1.165) is 31.5 Å². The number of rotatable bonds is 3. The summed E-state index contributed by atoms with van der Waals surface area (Å²) in [6.07, 6.45) is 2.01. The van der Waals surface area contributed by atoms with Crippen molar-refractivity contribution in [1.29, 1.82) is 0 Å². The molecule has 0 aliphatic carbocycles. The van der Waals surface area contributed by atoms with Crippen LogP contribution < -0.4 is 16.0 Å². The summed E-state index contributed by atoms with van der Waals surface area (Å²) in [7, 11) is 0. The average Bonchev–Trinajstić information content (AvgIpc) is 2.39. The number of amides is 1. The van der Waals surface area contributed by atoms with E-state index in [4.69, 9.17) is 5.73 Å². The minimum Gasteiger partial charge on any atom is -0.371 e. The van der Waals surface area contributed by atoms with Crippen molar-refractivity contribution in [3.63, 3.8) is 0 Å². The van der Waals surface area contributed by atoms with Crippen LogP contribution in [0.25, 0.3) is 0 Å². The molecule has 18 heavy (non-hydrogen) atoms. The zero-order chi connectivity index (χ0) is 13.0. The van der Waals surface area contributed by atoms with E-state index in [2.05, 4.69) is 28.4 Å². The van der Waals surface area contributed by atoms with Gasteiger partial charge in [-0.15, -0.1) is 0 Å². The second kappa shape index (κ2) is 5.87. The third kappa shape index (κ3) is 3.23. The quantitative estimate of drug-likeness (QED) is 0.845. The molecule has 1 saturated heterocycles. The summed E-state index contributed by atoms with van der Waals surface area (Å²) in [5.74, 6) is 0.0681. The van der Waals surface area contributed by atoms with Crippen LogP contribution in [0.2, 0.25) is 0 Å². The Labute approximate surface area is 108 Å². The topological polar surface area (TPSA) is 58.4 Å². The van der Waals surface area contributed by atoms with Gasteiger partial charge in [0.1, 0.15) is 0 Å². The van der Waals surface area contributed by atoms with Gasteiger partial charge >= 0.3 is 0 Å². The second-order valence-electron chi connectivity index (χ2n) is 4.84. The number of piperidine rings is 1. The lowest BCUT2D eigenvalue weighted by molar-refractivity contribution is -0.119. The molecule has 2 rings (SSSR count). The number of carbonyl (C=O) groups is 1. The Balaban J connectivity index is 1.94. The third-order valence-electron chi connectivity index (χ3n) is 3.41. The molecule has 1 heterocycles. The fraction of sp³-hybridized carbons (Fsp3) is 0.500. The van der Waals surface area contributed by atoms with Crippen molar-refractivity contribution in [3.05, 3.63) is 29.8 Å². The summed E-state index contributed by atoms with van der Waals surface area (Å²) in [5.41, 5.74) is 8.06. The molecular weight excluding hydrogens is 226 g/mol. The van der Waals surface area contributed by atoms with Crippen LogP contribution >= 0.6 is 0 Å². The summed E-state index contributed by atoms with van der Waals surface area (Å²) >= 11 is 0. The molecular formula is C14H21N3O. The van der Waals surface area contributed by atoms with E-state index in [1.165, 1.54) is 5.69 Å². The third-order valence-corrected chi connectivity index (χ3v) is 3.41. The smallest absolute Gasteiger partial charge is 0.217 e. The number of carbonyl (C=O) groups excluding carboxylic acids is 1. The van der Waals surface area contributed by atoms with Crippen LogP contribution in [0.15, 0.2) is 24.3 Å². The standard InChI is InChI=1S/C14H21N3O/c1-11(18)16-13-5-7-17(8-6-13)14-4-2-3-12(9-14)10-15/h2-4,9,13H,5-8,10,15H2,1H3,(H,16,18). The monoisotopic (exact) mass is 247 g/mol. The van der Waals surface area contributed by atoms with Gasteiger partial charge in [0.15, 0.2) is 0 Å². The van der Waals surface area contributed by atoms with E-state index in [1.54, 1.807) is 6.92 Å². The maximum atomic E-state index is 11.0. The molecule has 4 nitrogen and oxygen atoms in total. The van der Waals surface area contributed by atoms with Gasteiger partial charge in [0, 0.05) is 38.3 Å². The first-order chi connectivity index (χ1) is 8.69. The minimum atomic E-state index is 0.0681. The molecule has 1 aromatic carbocycles. The first-order valence-electron chi connectivity index (χ1n) is 6.50. The van der Waals surface area contributed by atoms with Crippen LogP contribution in [-0.2, 0) is 11.3 Å². The van der Waals surface area contributed by atoms with Crippen molar-refractivity contribution in [2.45, 2.75) is 32.4 Å². The molecule has 1 fully saturated rings. The molecule has 4 heteroatoms. The van der Waals surface area contributed by atoms with E-state index in [1.807, 2.05) is 6.07 Å². The SMILES string of the molecule is CC(=O)NC1CCN(c2cccc(CN)c2)CC1. The highest BCUT2D eigenvalue weighted by molar-refractivity contribution is 5.73. The van der Waals surface area contributed by atoms with Crippen molar-refractivity contribution >= 4 is 11.6 Å². The molecule has 1 amide bonds. The van der Waals surface area contributed by atoms with E-state index in [-0.39, 0.29) is 5.91 Å². The van der Waals surface area contributed by atoms with Gasteiger partial charge in [0.05, 0.1) is 0 Å². The van der Waals surface area contributed by atoms with Crippen molar-refractivity contribution in [2.24, 2.45) is 5.73 Å². The maximum absolute atomic E-state index is 11.0. The molecule has 1 aliphatic heterocycles. The molecule has 0 spiro atoms. The van der Waals surface area contributed by atoms with Crippen LogP contribution in [-0.4, -0.2) is 25.0 Å². The first-order valence-corrected chi connectivity index (χ1v) is 6.50. The Morgan fingerprint density at radius 3 is 2.78 bits per heavy atom. The van der Waals surface area contributed by atoms with E-state index >= 15 is 0 Å². The molecule has 0 radical (unpaired) electrons. The Kier molecular flexibility index (Phi) is 4.20. The molecule has 0 bridgehead atoms. The van der Waals surface area contributed by atoms with Crippen LogP contribution in [0.1, 0.15) is 25.3 Å². The lowest BCUT2D eigenvalue weighted by Crippen LogP contribution is -2.44. The maximum Gasteiger partial charge on any atom is 0.217 e. The average molecular weight is 247 g/mol. The Morgan fingerprint density at radius 2 is 2.17 bits per heavy atom. The molecule has 0 aromatic heterocycles. The first kappa shape index (κ1) is 12.9. The Bertz CT molecular complexity index is 411. The summed E-state index contributed by atoms with van der Waals surface area (Å²) in [5, 5.41) is 2.99. The van der Waals surface area contributed by atoms with Gasteiger partial charge in [-0.1, -0.05) is 12.1 Å².